The molecule has 3 aromatic heterocycles. The van der Waals surface area contributed by atoms with Crippen LogP contribution in [0.2, 0.25) is 0 Å². The molecule has 0 aliphatic heterocycles. The Bertz CT molecular complexity index is 1340. The minimum absolute atomic E-state index is 0.00915. The van der Waals surface area contributed by atoms with Gasteiger partial charge in [-0.1, -0.05) is 36.9 Å². The van der Waals surface area contributed by atoms with Crippen molar-refractivity contribution in [2.24, 2.45) is 0 Å². The van der Waals surface area contributed by atoms with Gasteiger partial charge < -0.3 is 10.1 Å². The molecule has 2 N–H and O–H groups in total. The number of fused-ring (bicyclic) bond motifs is 1. The van der Waals surface area contributed by atoms with Gasteiger partial charge in [0.25, 0.3) is 0 Å². The first-order chi connectivity index (χ1) is 15.5. The summed E-state index contributed by atoms with van der Waals surface area (Å²) in [5.41, 5.74) is 3.06. The number of halogens is 2. The van der Waals surface area contributed by atoms with Gasteiger partial charge in [-0.3, -0.25) is 4.68 Å². The van der Waals surface area contributed by atoms with E-state index >= 15 is 0 Å². The highest BCUT2D eigenvalue weighted by atomic mass is 35.5. The molecule has 164 valence electrons. The number of aromatic carboxylic acids is 1. The summed E-state index contributed by atoms with van der Waals surface area (Å²) in [6.45, 7) is 2.66. The van der Waals surface area contributed by atoms with Crippen molar-refractivity contribution < 1.29 is 14.3 Å². The lowest BCUT2D eigenvalue weighted by Crippen LogP contribution is -1.99. The number of aromatic amines is 1. The number of aromatic nitrogens is 4. The molecule has 4 aromatic rings. The molecule has 32 heavy (non-hydrogen) atoms. The number of rotatable bonds is 7. The van der Waals surface area contributed by atoms with Crippen LogP contribution in [-0.4, -0.2) is 36.2 Å². The van der Waals surface area contributed by atoms with Gasteiger partial charge in [0, 0.05) is 46.1 Å². The minimum Gasteiger partial charge on any atom is -0.477 e. The number of alkyl halides is 1. The molecule has 0 amide bonds. The zero-order chi connectivity index (χ0) is 22.4. The fourth-order valence-electron chi connectivity index (χ4n) is 3.97. The van der Waals surface area contributed by atoms with Crippen LogP contribution in [0, 0.1) is 5.95 Å². The summed E-state index contributed by atoms with van der Waals surface area (Å²) in [4.78, 5) is 19.6. The molecule has 1 saturated carbocycles. The zero-order valence-electron chi connectivity index (χ0n) is 17.2. The quantitative estimate of drug-likeness (QED) is 0.327. The minimum atomic E-state index is -1.07. The maximum absolute atomic E-state index is 14.9. The van der Waals surface area contributed by atoms with Crippen molar-refractivity contribution in [2.45, 2.75) is 47.5 Å². The molecule has 0 spiro atoms. The Hall–Kier alpha value is -2.84. The molecule has 3 heterocycles. The van der Waals surface area contributed by atoms with E-state index in [1.54, 1.807) is 23.0 Å². The van der Waals surface area contributed by atoms with Gasteiger partial charge in [0.05, 0.1) is 11.1 Å². The van der Waals surface area contributed by atoms with Gasteiger partial charge in [-0.15, -0.1) is 16.7 Å². The number of pyridine rings is 1. The number of carboxylic acids is 1. The largest absolute Gasteiger partial charge is 0.477 e. The first-order valence-corrected chi connectivity index (χ1v) is 11.6. The Kier molecular flexibility index (Phi) is 5.43. The van der Waals surface area contributed by atoms with Gasteiger partial charge in [0.15, 0.2) is 0 Å². The summed E-state index contributed by atoms with van der Waals surface area (Å²) < 4.78 is 16.6. The van der Waals surface area contributed by atoms with Crippen LogP contribution in [0.15, 0.2) is 52.6 Å². The highest BCUT2D eigenvalue weighted by molar-refractivity contribution is 7.99. The molecule has 0 saturated heterocycles. The summed E-state index contributed by atoms with van der Waals surface area (Å²) >= 11 is 7.72. The highest BCUT2D eigenvalue weighted by Gasteiger charge is 2.39. The molecule has 0 bridgehead atoms. The summed E-state index contributed by atoms with van der Waals surface area (Å²) in [7, 11) is 0. The van der Waals surface area contributed by atoms with Gasteiger partial charge in [-0.2, -0.15) is 4.39 Å². The maximum atomic E-state index is 14.9. The average Bonchev–Trinajstić information content (AvgIpc) is 3.18. The van der Waals surface area contributed by atoms with Gasteiger partial charge >= 0.3 is 5.97 Å². The van der Waals surface area contributed by atoms with E-state index in [1.807, 2.05) is 25.3 Å². The number of nitrogens with one attached hydrogen (secondary N) is 1. The van der Waals surface area contributed by atoms with Crippen molar-refractivity contribution >= 4 is 40.2 Å². The van der Waals surface area contributed by atoms with Crippen LogP contribution in [0.1, 0.15) is 41.7 Å². The average molecular weight is 471 g/mol. The predicted molar refractivity (Wildman–Crippen MR) is 122 cm³/mol. The highest BCUT2D eigenvalue weighted by Crippen LogP contribution is 2.51. The van der Waals surface area contributed by atoms with E-state index in [0.717, 1.165) is 39.8 Å². The second kappa shape index (κ2) is 8.26. The molecule has 2 unspecified atom stereocenters. The van der Waals surface area contributed by atoms with E-state index in [0.29, 0.717) is 17.1 Å². The van der Waals surface area contributed by atoms with Crippen LogP contribution in [0.25, 0.3) is 22.0 Å². The van der Waals surface area contributed by atoms with E-state index in [-0.39, 0.29) is 17.0 Å². The van der Waals surface area contributed by atoms with Gasteiger partial charge in [-0.05, 0) is 30.5 Å². The first-order valence-electron chi connectivity index (χ1n) is 10.4. The molecule has 0 radical (unpaired) electrons. The van der Waals surface area contributed by atoms with E-state index < -0.39 is 11.9 Å². The molecule has 9 heteroatoms. The molecule has 5 rings (SSSR count). The number of carbonyl (C=O) groups is 1. The van der Waals surface area contributed by atoms with Gasteiger partial charge in [0.1, 0.15) is 10.7 Å². The summed E-state index contributed by atoms with van der Waals surface area (Å²) in [6.07, 6.45) is 5.32. The van der Waals surface area contributed by atoms with Crippen LogP contribution >= 0.6 is 23.4 Å². The van der Waals surface area contributed by atoms with Crippen molar-refractivity contribution in [1.29, 1.82) is 0 Å². The second-order valence-corrected chi connectivity index (χ2v) is 9.45. The lowest BCUT2D eigenvalue weighted by Gasteiger charge is -2.10. The standard InChI is InChI=1S/C23H20ClFN4O2S/c1-2-8-29-11-15(22(25)28-29)20-12(14-9-16(14)24)6-7-13-18(10-26-21(13)20)32-19-5-3-4-17(27-19)23(30)31/h3-7,10-11,14,16,26H,2,8-9H2,1H3,(H,30,31). The smallest absolute Gasteiger partial charge is 0.354 e. The first kappa shape index (κ1) is 21.0. The lowest BCUT2D eigenvalue weighted by molar-refractivity contribution is 0.0689. The molecule has 1 aliphatic rings. The lowest BCUT2D eigenvalue weighted by atomic mass is 9.96. The van der Waals surface area contributed by atoms with Crippen molar-refractivity contribution in [2.75, 3.05) is 0 Å². The van der Waals surface area contributed by atoms with Crippen LogP contribution < -0.4 is 0 Å². The van der Waals surface area contributed by atoms with Crippen molar-refractivity contribution in [3.8, 4) is 11.1 Å². The normalized spacial score (nSPS) is 17.7. The Balaban J connectivity index is 1.62. The monoisotopic (exact) mass is 470 g/mol. The Labute approximate surface area is 192 Å². The number of benzene rings is 1. The van der Waals surface area contributed by atoms with E-state index in [2.05, 4.69) is 15.1 Å². The SMILES string of the molecule is CCCn1cc(-c2c(C3CC3Cl)ccc3c(Sc4cccc(C(=O)O)n4)c[nH]c23)c(F)n1. The van der Waals surface area contributed by atoms with E-state index in [1.165, 1.54) is 17.8 Å². The fourth-order valence-corrected chi connectivity index (χ4v) is 5.21. The Morgan fingerprint density at radius 3 is 2.91 bits per heavy atom. The molecular formula is C23H20ClFN4O2S. The van der Waals surface area contributed by atoms with Gasteiger partial charge in [0.2, 0.25) is 5.95 Å². The van der Waals surface area contributed by atoms with Crippen molar-refractivity contribution in [3.05, 3.63) is 59.9 Å². The van der Waals surface area contributed by atoms with Crippen LogP contribution in [0.5, 0.6) is 0 Å². The number of nitrogens with zero attached hydrogens (tertiary/aromatic N) is 3. The Morgan fingerprint density at radius 1 is 1.38 bits per heavy atom. The summed E-state index contributed by atoms with van der Waals surface area (Å²) in [6, 6.07) is 8.91. The third-order valence-electron chi connectivity index (χ3n) is 5.56. The zero-order valence-corrected chi connectivity index (χ0v) is 18.8. The number of H-pyrrole nitrogens is 1. The number of aryl methyl sites for hydroxylation is 1. The molecule has 6 nitrogen and oxygen atoms in total. The number of hydrogen-bond donors (Lipinski definition) is 2. The molecule has 2 atom stereocenters. The molecule has 1 aliphatic carbocycles. The second-order valence-electron chi connectivity index (χ2n) is 7.83. The maximum Gasteiger partial charge on any atom is 0.354 e. The fraction of sp³-hybridized carbons (Fsp3) is 0.261. The van der Waals surface area contributed by atoms with E-state index in [9.17, 15) is 14.3 Å². The summed E-state index contributed by atoms with van der Waals surface area (Å²) in [5, 5.41) is 14.8. The Morgan fingerprint density at radius 2 is 2.19 bits per heavy atom. The van der Waals surface area contributed by atoms with Crippen LogP contribution in [0.3, 0.4) is 0 Å². The summed E-state index contributed by atoms with van der Waals surface area (Å²) in [5.74, 6) is -1.39. The molecule has 1 fully saturated rings. The number of hydrogen-bond acceptors (Lipinski definition) is 4. The van der Waals surface area contributed by atoms with Crippen molar-refractivity contribution in [3.63, 3.8) is 0 Å². The number of carboxylic acid groups (broad SMARTS) is 1. The van der Waals surface area contributed by atoms with E-state index in [4.69, 9.17) is 11.6 Å². The molecular weight excluding hydrogens is 451 g/mol. The third kappa shape index (κ3) is 3.78. The third-order valence-corrected chi connectivity index (χ3v) is 7.04. The topological polar surface area (TPSA) is 83.8 Å². The van der Waals surface area contributed by atoms with Crippen molar-refractivity contribution in [1.82, 2.24) is 19.7 Å². The van der Waals surface area contributed by atoms with Crippen LogP contribution in [0.4, 0.5) is 4.39 Å². The van der Waals surface area contributed by atoms with Crippen LogP contribution in [-0.2, 0) is 6.54 Å². The van der Waals surface area contributed by atoms with Gasteiger partial charge in [-0.25, -0.2) is 9.78 Å². The predicted octanol–water partition coefficient (Wildman–Crippen LogP) is 5.92. The molecule has 1 aromatic carbocycles.